The summed E-state index contributed by atoms with van der Waals surface area (Å²) in [5.41, 5.74) is 1.35. The molecule has 1 aromatic rings. The van der Waals surface area contributed by atoms with Crippen LogP contribution in [0.1, 0.15) is 5.56 Å². The van der Waals surface area contributed by atoms with E-state index in [9.17, 15) is 17.7 Å². The van der Waals surface area contributed by atoms with E-state index >= 15 is 0 Å². The van der Waals surface area contributed by atoms with Gasteiger partial charge < -0.3 is 15.2 Å². The summed E-state index contributed by atoms with van der Waals surface area (Å²) < 4.78 is 46.8. The zero-order valence-electron chi connectivity index (χ0n) is 7.69. The molecule has 0 amide bonds. The van der Waals surface area contributed by atoms with Gasteiger partial charge in [0, 0.05) is 5.69 Å². The molecule has 16 heavy (non-hydrogen) atoms. The van der Waals surface area contributed by atoms with Crippen LogP contribution in [0.5, 0.6) is 0 Å². The second-order valence-electron chi connectivity index (χ2n) is 2.86. The van der Waals surface area contributed by atoms with Crippen LogP contribution < -0.4 is 10.6 Å². The molecule has 0 aliphatic rings. The lowest BCUT2D eigenvalue weighted by Crippen LogP contribution is -2.17. The Morgan fingerprint density at radius 2 is 1.62 bits per heavy atom. The lowest BCUT2D eigenvalue weighted by molar-refractivity contribution is -0.137. The Kier molecular flexibility index (Phi) is 3.59. The first-order chi connectivity index (χ1) is 7.18. The number of benzene rings is 1. The summed E-state index contributed by atoms with van der Waals surface area (Å²) in [6.45, 7) is 0. The molecule has 0 aliphatic heterocycles. The third-order valence-electron chi connectivity index (χ3n) is 1.56. The van der Waals surface area contributed by atoms with Crippen LogP contribution in [-0.2, 0) is 10.7 Å². The molecule has 1 aromatic carbocycles. The van der Waals surface area contributed by atoms with Gasteiger partial charge in [-0.25, -0.2) is 4.57 Å². The minimum absolute atomic E-state index is 0.108. The molecule has 9 heteroatoms. The largest absolute Gasteiger partial charge is 0.417 e. The summed E-state index contributed by atoms with van der Waals surface area (Å²) in [6.07, 6.45) is -4.44. The van der Waals surface area contributed by atoms with Crippen LogP contribution in [0.3, 0.4) is 0 Å². The van der Waals surface area contributed by atoms with Gasteiger partial charge in [-0.1, -0.05) is 0 Å². The Morgan fingerprint density at radius 1 is 1.12 bits per heavy atom. The molecule has 0 spiro atoms. The fourth-order valence-electron chi connectivity index (χ4n) is 0.880. The van der Waals surface area contributed by atoms with Crippen molar-refractivity contribution in [2.75, 3.05) is 5.43 Å². The summed E-state index contributed by atoms with van der Waals surface area (Å²) in [5, 5.41) is 1.63. The topological polar surface area (TPSA) is 81.6 Å². The van der Waals surface area contributed by atoms with Gasteiger partial charge in [-0.2, -0.15) is 13.2 Å². The predicted octanol–water partition coefficient (Wildman–Crippen LogP) is 1.71. The van der Waals surface area contributed by atoms with Crippen LogP contribution in [0, 0.1) is 0 Å². The summed E-state index contributed by atoms with van der Waals surface area (Å²) in [7, 11) is -4.46. The molecule has 0 fully saturated rings. The predicted molar refractivity (Wildman–Crippen MR) is 50.2 cm³/mol. The van der Waals surface area contributed by atoms with E-state index in [0.29, 0.717) is 0 Å². The molecule has 0 radical (unpaired) electrons. The van der Waals surface area contributed by atoms with Crippen molar-refractivity contribution in [3.8, 4) is 0 Å². The molecular formula is C7H8F3N2O3P. The SMILES string of the molecule is O=P(O)(O)NNc1ccc(C(F)(F)F)cc1. The second kappa shape index (κ2) is 4.42. The van der Waals surface area contributed by atoms with Crippen molar-refractivity contribution in [3.05, 3.63) is 29.8 Å². The molecule has 0 bridgehead atoms. The molecule has 5 nitrogen and oxygen atoms in total. The third-order valence-corrected chi connectivity index (χ3v) is 1.96. The quantitative estimate of drug-likeness (QED) is 0.489. The van der Waals surface area contributed by atoms with Gasteiger partial charge in [-0.3, -0.25) is 0 Å². The molecule has 1 rings (SSSR count). The molecule has 4 N–H and O–H groups in total. The highest BCUT2D eigenvalue weighted by Gasteiger charge is 2.29. The Balaban J connectivity index is 2.69. The van der Waals surface area contributed by atoms with E-state index < -0.39 is 19.5 Å². The maximum absolute atomic E-state index is 12.1. The maximum Gasteiger partial charge on any atom is 0.417 e. The number of nitrogens with one attached hydrogen (secondary N) is 2. The minimum atomic E-state index is -4.46. The van der Waals surface area contributed by atoms with E-state index in [2.05, 4.69) is 5.43 Å². The van der Waals surface area contributed by atoms with Crippen LogP contribution in [0.15, 0.2) is 24.3 Å². The van der Waals surface area contributed by atoms with E-state index in [-0.39, 0.29) is 5.69 Å². The Hall–Kier alpha value is -1.08. The van der Waals surface area contributed by atoms with Gasteiger partial charge >= 0.3 is 13.9 Å². The zero-order chi connectivity index (χ0) is 12.4. The van der Waals surface area contributed by atoms with Crippen molar-refractivity contribution in [2.24, 2.45) is 0 Å². The Morgan fingerprint density at radius 3 is 2.00 bits per heavy atom. The van der Waals surface area contributed by atoms with Gasteiger partial charge in [-0.15, -0.1) is 5.20 Å². The Labute approximate surface area is 88.5 Å². The van der Waals surface area contributed by atoms with Gasteiger partial charge in [0.2, 0.25) is 0 Å². The van der Waals surface area contributed by atoms with E-state index in [1.165, 1.54) is 0 Å². The fraction of sp³-hybridized carbons (Fsp3) is 0.143. The molecule has 0 saturated carbocycles. The van der Waals surface area contributed by atoms with Crippen LogP contribution in [0.25, 0.3) is 0 Å². The van der Waals surface area contributed by atoms with Gasteiger partial charge in [0.1, 0.15) is 0 Å². The fourth-order valence-corrected chi connectivity index (χ4v) is 1.15. The molecule has 0 aromatic heterocycles. The summed E-state index contributed by atoms with van der Waals surface area (Å²) in [5.74, 6) is 0. The highest BCUT2D eigenvalue weighted by molar-refractivity contribution is 7.49. The molecular weight excluding hydrogens is 248 g/mol. The summed E-state index contributed by atoms with van der Waals surface area (Å²) in [4.78, 5) is 16.8. The summed E-state index contributed by atoms with van der Waals surface area (Å²) in [6, 6.07) is 3.68. The molecule has 0 atom stereocenters. The van der Waals surface area contributed by atoms with Gasteiger partial charge in [0.05, 0.1) is 5.56 Å². The standard InChI is InChI=1S/C7H8F3N2O3P/c8-7(9,10)5-1-3-6(4-2-5)11-12-16(13,14)15/h1-4,11H,(H3,12,13,14,15). The summed E-state index contributed by atoms with van der Waals surface area (Å²) >= 11 is 0. The van der Waals surface area contributed by atoms with Gasteiger partial charge in [0.15, 0.2) is 0 Å². The van der Waals surface area contributed by atoms with Crippen LogP contribution in [0.4, 0.5) is 18.9 Å². The van der Waals surface area contributed by atoms with Crippen molar-refractivity contribution >= 4 is 13.4 Å². The van der Waals surface area contributed by atoms with Crippen molar-refractivity contribution in [1.82, 2.24) is 5.20 Å². The molecule has 90 valence electrons. The monoisotopic (exact) mass is 256 g/mol. The van der Waals surface area contributed by atoms with E-state index in [1.54, 1.807) is 5.20 Å². The number of anilines is 1. The highest BCUT2D eigenvalue weighted by Crippen LogP contribution is 2.31. The molecule has 0 heterocycles. The second-order valence-corrected chi connectivity index (χ2v) is 4.17. The molecule has 0 saturated heterocycles. The maximum atomic E-state index is 12.1. The normalized spacial score (nSPS) is 12.6. The first kappa shape index (κ1) is 13.0. The smallest absolute Gasteiger partial charge is 0.312 e. The average molecular weight is 256 g/mol. The number of hydrogen-bond donors (Lipinski definition) is 4. The molecule has 0 aliphatic carbocycles. The number of hydrazine groups is 1. The minimum Gasteiger partial charge on any atom is -0.312 e. The van der Waals surface area contributed by atoms with Crippen LogP contribution in [0.2, 0.25) is 0 Å². The van der Waals surface area contributed by atoms with Crippen molar-refractivity contribution < 1.29 is 27.5 Å². The van der Waals surface area contributed by atoms with Crippen molar-refractivity contribution in [2.45, 2.75) is 6.18 Å². The third kappa shape index (κ3) is 4.19. The van der Waals surface area contributed by atoms with Crippen LogP contribution >= 0.6 is 7.75 Å². The highest BCUT2D eigenvalue weighted by atomic mass is 31.2. The van der Waals surface area contributed by atoms with E-state index in [4.69, 9.17) is 9.79 Å². The zero-order valence-corrected chi connectivity index (χ0v) is 8.59. The first-order valence-electron chi connectivity index (χ1n) is 3.94. The Bertz CT molecular complexity index is 400. The lowest BCUT2D eigenvalue weighted by atomic mass is 10.2. The average Bonchev–Trinajstić information content (AvgIpc) is 2.13. The number of halogens is 3. The van der Waals surface area contributed by atoms with Gasteiger partial charge in [0.25, 0.3) is 0 Å². The number of hydrogen-bond acceptors (Lipinski definition) is 2. The number of alkyl halides is 3. The number of rotatable bonds is 3. The van der Waals surface area contributed by atoms with Crippen LogP contribution in [-0.4, -0.2) is 9.79 Å². The lowest BCUT2D eigenvalue weighted by Gasteiger charge is -2.10. The van der Waals surface area contributed by atoms with E-state index in [0.717, 1.165) is 24.3 Å². The van der Waals surface area contributed by atoms with Crippen molar-refractivity contribution in [1.29, 1.82) is 0 Å². The van der Waals surface area contributed by atoms with Crippen molar-refractivity contribution in [3.63, 3.8) is 0 Å². The molecule has 0 unspecified atom stereocenters. The van der Waals surface area contributed by atoms with Gasteiger partial charge in [-0.05, 0) is 24.3 Å². The van der Waals surface area contributed by atoms with E-state index in [1.807, 2.05) is 0 Å². The first-order valence-corrected chi connectivity index (χ1v) is 5.56.